The summed E-state index contributed by atoms with van der Waals surface area (Å²) < 4.78 is 13.4. The van der Waals surface area contributed by atoms with Gasteiger partial charge in [-0.05, 0) is 23.9 Å². The van der Waals surface area contributed by atoms with Crippen molar-refractivity contribution in [3.63, 3.8) is 0 Å². The maximum Gasteiger partial charge on any atom is 0.143 e. The third-order valence-corrected chi connectivity index (χ3v) is 3.99. The lowest BCUT2D eigenvalue weighted by atomic mass is 10.1. The van der Waals surface area contributed by atoms with Gasteiger partial charge in [0.25, 0.3) is 0 Å². The molecule has 0 amide bonds. The highest BCUT2D eigenvalue weighted by Crippen LogP contribution is 2.31. The lowest BCUT2D eigenvalue weighted by Gasteiger charge is -2.18. The fourth-order valence-corrected chi connectivity index (χ4v) is 2.77. The van der Waals surface area contributed by atoms with Crippen LogP contribution in [-0.2, 0) is 0 Å². The first-order valence-corrected chi connectivity index (χ1v) is 6.92. The van der Waals surface area contributed by atoms with Crippen molar-refractivity contribution in [1.29, 1.82) is 0 Å². The predicted octanol–water partition coefficient (Wildman–Crippen LogP) is 4.69. The Balaban J connectivity index is 2.25. The highest BCUT2D eigenvalue weighted by Gasteiger charge is 2.13. The Labute approximate surface area is 115 Å². The number of halogens is 2. The van der Waals surface area contributed by atoms with Gasteiger partial charge in [0.05, 0.1) is 22.4 Å². The number of anilines is 2. The second kappa shape index (κ2) is 5.59. The van der Waals surface area contributed by atoms with Crippen molar-refractivity contribution < 1.29 is 4.39 Å². The average Bonchev–Trinajstić information content (AvgIpc) is 2.85. The second-order valence-electron chi connectivity index (χ2n) is 3.97. The first kappa shape index (κ1) is 13.2. The highest BCUT2D eigenvalue weighted by molar-refractivity contribution is 7.10. The quantitative estimate of drug-likeness (QED) is 0.800. The Morgan fingerprint density at radius 2 is 2.28 bits per heavy atom. The van der Waals surface area contributed by atoms with Gasteiger partial charge in [-0.3, -0.25) is 0 Å². The van der Waals surface area contributed by atoms with Gasteiger partial charge >= 0.3 is 0 Å². The Kier molecular flexibility index (Phi) is 4.09. The normalized spacial score (nSPS) is 12.4. The minimum Gasteiger partial charge on any atom is -0.397 e. The van der Waals surface area contributed by atoms with Crippen molar-refractivity contribution in [2.75, 3.05) is 11.1 Å². The van der Waals surface area contributed by atoms with Crippen LogP contribution in [0.4, 0.5) is 15.8 Å². The molecule has 0 aliphatic rings. The lowest BCUT2D eigenvalue weighted by Crippen LogP contribution is -2.10. The Bertz CT molecular complexity index is 528. The molecule has 5 heteroatoms. The molecule has 2 rings (SSSR count). The zero-order valence-electron chi connectivity index (χ0n) is 9.91. The molecular formula is C13H14ClFN2S. The number of hydrogen-bond donors (Lipinski definition) is 2. The van der Waals surface area contributed by atoms with E-state index in [0.29, 0.717) is 11.4 Å². The Morgan fingerprint density at radius 3 is 2.89 bits per heavy atom. The van der Waals surface area contributed by atoms with Crippen LogP contribution in [0.25, 0.3) is 0 Å². The van der Waals surface area contributed by atoms with Gasteiger partial charge in [-0.15, -0.1) is 11.3 Å². The van der Waals surface area contributed by atoms with E-state index >= 15 is 0 Å². The van der Waals surface area contributed by atoms with Crippen LogP contribution in [-0.4, -0.2) is 0 Å². The van der Waals surface area contributed by atoms with Crippen molar-refractivity contribution in [3.05, 3.63) is 45.4 Å². The van der Waals surface area contributed by atoms with E-state index in [2.05, 4.69) is 12.2 Å². The van der Waals surface area contributed by atoms with Crippen molar-refractivity contribution >= 4 is 34.3 Å². The molecule has 3 N–H and O–H groups in total. The van der Waals surface area contributed by atoms with Crippen molar-refractivity contribution in [2.45, 2.75) is 19.4 Å². The topological polar surface area (TPSA) is 38.0 Å². The van der Waals surface area contributed by atoms with E-state index in [0.717, 1.165) is 6.42 Å². The predicted molar refractivity (Wildman–Crippen MR) is 76.8 cm³/mol. The van der Waals surface area contributed by atoms with E-state index < -0.39 is 5.82 Å². The van der Waals surface area contributed by atoms with E-state index in [9.17, 15) is 4.39 Å². The monoisotopic (exact) mass is 284 g/mol. The summed E-state index contributed by atoms with van der Waals surface area (Å²) >= 11 is 7.34. The van der Waals surface area contributed by atoms with Gasteiger partial charge in [0.1, 0.15) is 5.82 Å². The van der Waals surface area contributed by atoms with Crippen LogP contribution in [0.3, 0.4) is 0 Å². The summed E-state index contributed by atoms with van der Waals surface area (Å²) in [5.41, 5.74) is 6.87. The van der Waals surface area contributed by atoms with Crippen LogP contribution in [0.1, 0.15) is 24.3 Å². The number of nitrogens with one attached hydrogen (secondary N) is 1. The van der Waals surface area contributed by atoms with Gasteiger partial charge in [-0.2, -0.15) is 0 Å². The number of nitrogens with two attached hydrogens (primary N) is 1. The molecule has 1 heterocycles. The number of rotatable bonds is 4. The van der Waals surface area contributed by atoms with Gasteiger partial charge in [-0.25, -0.2) is 4.39 Å². The molecular weight excluding hydrogens is 271 g/mol. The molecule has 0 saturated carbocycles. The molecule has 0 saturated heterocycles. The molecule has 0 fully saturated rings. The van der Waals surface area contributed by atoms with Crippen molar-refractivity contribution in [2.24, 2.45) is 0 Å². The van der Waals surface area contributed by atoms with Crippen molar-refractivity contribution in [3.8, 4) is 0 Å². The van der Waals surface area contributed by atoms with Gasteiger partial charge < -0.3 is 11.1 Å². The third-order valence-electron chi connectivity index (χ3n) is 2.72. The van der Waals surface area contributed by atoms with Crippen LogP contribution in [0.15, 0.2) is 29.6 Å². The molecule has 96 valence electrons. The minimum absolute atomic E-state index is 0.0437. The SMILES string of the molecule is CCC(Nc1cc(F)c(Cl)cc1N)c1cccs1. The molecule has 2 aromatic rings. The standard InChI is InChI=1S/C13H14ClFN2S/c1-2-11(13-4-3-5-18-13)17-12-7-9(15)8(14)6-10(12)16/h3-7,11,17H,2,16H2,1H3. The number of thiophene rings is 1. The molecule has 0 bridgehead atoms. The van der Waals surface area contributed by atoms with Gasteiger partial charge in [0.2, 0.25) is 0 Å². The summed E-state index contributed by atoms with van der Waals surface area (Å²) in [6.45, 7) is 2.07. The summed E-state index contributed by atoms with van der Waals surface area (Å²) in [5.74, 6) is -0.464. The summed E-state index contributed by atoms with van der Waals surface area (Å²) in [6, 6.07) is 6.95. The zero-order chi connectivity index (χ0) is 13.1. The average molecular weight is 285 g/mol. The smallest absolute Gasteiger partial charge is 0.143 e. The number of benzene rings is 1. The maximum atomic E-state index is 13.4. The first-order chi connectivity index (χ1) is 8.61. The molecule has 1 aromatic carbocycles. The molecule has 0 spiro atoms. The van der Waals surface area contributed by atoms with E-state index in [1.54, 1.807) is 11.3 Å². The molecule has 1 atom stereocenters. The van der Waals surface area contributed by atoms with E-state index in [-0.39, 0.29) is 11.1 Å². The maximum absolute atomic E-state index is 13.4. The highest BCUT2D eigenvalue weighted by atomic mass is 35.5. The third kappa shape index (κ3) is 2.76. The summed E-state index contributed by atoms with van der Waals surface area (Å²) in [5, 5.41) is 5.32. The minimum atomic E-state index is -0.464. The van der Waals surface area contributed by atoms with Crippen LogP contribution in [0.2, 0.25) is 5.02 Å². The Morgan fingerprint density at radius 1 is 1.50 bits per heavy atom. The summed E-state index contributed by atoms with van der Waals surface area (Å²) in [6.07, 6.45) is 0.893. The molecule has 1 aromatic heterocycles. The molecule has 0 aliphatic heterocycles. The van der Waals surface area contributed by atoms with Crippen LogP contribution >= 0.6 is 22.9 Å². The first-order valence-electron chi connectivity index (χ1n) is 5.66. The van der Waals surface area contributed by atoms with Crippen LogP contribution in [0, 0.1) is 5.82 Å². The molecule has 18 heavy (non-hydrogen) atoms. The second-order valence-corrected chi connectivity index (χ2v) is 5.36. The number of hydrogen-bond acceptors (Lipinski definition) is 3. The molecule has 2 nitrogen and oxygen atoms in total. The Hall–Kier alpha value is -1.26. The number of nitrogen functional groups attached to an aromatic ring is 1. The van der Waals surface area contributed by atoms with E-state index in [1.165, 1.54) is 17.0 Å². The van der Waals surface area contributed by atoms with Crippen LogP contribution in [0.5, 0.6) is 0 Å². The van der Waals surface area contributed by atoms with Gasteiger partial charge in [0.15, 0.2) is 0 Å². The molecule has 0 aliphatic carbocycles. The zero-order valence-corrected chi connectivity index (χ0v) is 11.5. The van der Waals surface area contributed by atoms with Gasteiger partial charge in [-0.1, -0.05) is 24.6 Å². The largest absolute Gasteiger partial charge is 0.397 e. The lowest BCUT2D eigenvalue weighted by molar-refractivity contribution is 0.628. The fraction of sp³-hybridized carbons (Fsp3) is 0.231. The van der Waals surface area contributed by atoms with E-state index in [4.69, 9.17) is 17.3 Å². The van der Waals surface area contributed by atoms with Crippen LogP contribution < -0.4 is 11.1 Å². The summed E-state index contributed by atoms with van der Waals surface area (Å²) in [7, 11) is 0. The van der Waals surface area contributed by atoms with Gasteiger partial charge in [0, 0.05) is 10.9 Å². The summed E-state index contributed by atoms with van der Waals surface area (Å²) in [4.78, 5) is 1.20. The molecule has 1 unspecified atom stereocenters. The molecule has 0 radical (unpaired) electrons. The van der Waals surface area contributed by atoms with E-state index in [1.807, 2.05) is 17.5 Å². The fourth-order valence-electron chi connectivity index (χ4n) is 1.74. The van der Waals surface area contributed by atoms with Crippen molar-refractivity contribution in [1.82, 2.24) is 0 Å².